The third kappa shape index (κ3) is 1.11. The van der Waals surface area contributed by atoms with Crippen LogP contribution in [-0.2, 0) is 5.75 Å². The van der Waals surface area contributed by atoms with Gasteiger partial charge in [0, 0.05) is 17.3 Å². The minimum Gasteiger partial charge on any atom is -0.360 e. The predicted octanol–water partition coefficient (Wildman–Crippen LogP) is 3.25. The van der Waals surface area contributed by atoms with E-state index < -0.39 is 0 Å². The van der Waals surface area contributed by atoms with Crippen molar-refractivity contribution in [3.63, 3.8) is 0 Å². The molecule has 3 heteroatoms. The van der Waals surface area contributed by atoms with Crippen molar-refractivity contribution in [1.29, 1.82) is 0 Å². The molecule has 2 aromatic rings. The number of benzene rings is 1. The van der Waals surface area contributed by atoms with E-state index in [1.807, 2.05) is 24.4 Å². The average molecular weight is 198 g/mol. The molecule has 1 heterocycles. The van der Waals surface area contributed by atoms with Gasteiger partial charge < -0.3 is 4.98 Å². The van der Waals surface area contributed by atoms with Crippen LogP contribution >= 0.6 is 24.2 Å². The van der Waals surface area contributed by atoms with Crippen LogP contribution in [0.1, 0.15) is 5.56 Å². The molecule has 12 heavy (non-hydrogen) atoms. The molecular formula is C9H8ClNS. The summed E-state index contributed by atoms with van der Waals surface area (Å²) in [5.74, 6) is 0.736. The Bertz CT molecular complexity index is 408. The van der Waals surface area contributed by atoms with Gasteiger partial charge >= 0.3 is 0 Å². The van der Waals surface area contributed by atoms with Crippen LogP contribution < -0.4 is 0 Å². The molecule has 1 aromatic carbocycles. The molecule has 0 atom stereocenters. The summed E-state index contributed by atoms with van der Waals surface area (Å²) in [4.78, 5) is 3.13. The fourth-order valence-corrected chi connectivity index (χ4v) is 1.80. The van der Waals surface area contributed by atoms with E-state index >= 15 is 0 Å². The molecule has 1 N–H and O–H groups in total. The molecular weight excluding hydrogens is 190 g/mol. The van der Waals surface area contributed by atoms with Crippen LogP contribution in [0, 0.1) is 0 Å². The summed E-state index contributed by atoms with van der Waals surface area (Å²) in [6.45, 7) is 0. The molecule has 0 aliphatic heterocycles. The first-order chi connectivity index (χ1) is 5.83. The van der Waals surface area contributed by atoms with E-state index in [4.69, 9.17) is 11.6 Å². The number of fused-ring (bicyclic) bond motifs is 1. The highest BCUT2D eigenvalue weighted by atomic mass is 35.5. The Balaban J connectivity index is 2.80. The molecule has 0 saturated carbocycles. The fraction of sp³-hybridized carbons (Fsp3) is 0.111. The Kier molecular flexibility index (Phi) is 2.03. The average Bonchev–Trinajstić information content (AvgIpc) is 2.49. The quantitative estimate of drug-likeness (QED) is 0.653. The normalized spacial score (nSPS) is 10.8. The lowest BCUT2D eigenvalue weighted by atomic mass is 10.2. The van der Waals surface area contributed by atoms with Gasteiger partial charge in [0.05, 0.1) is 10.5 Å². The van der Waals surface area contributed by atoms with Crippen LogP contribution in [0.15, 0.2) is 24.4 Å². The molecule has 0 fully saturated rings. The van der Waals surface area contributed by atoms with E-state index in [1.54, 1.807) is 0 Å². The summed E-state index contributed by atoms with van der Waals surface area (Å²) in [7, 11) is 0. The number of H-pyrrole nitrogens is 1. The monoisotopic (exact) mass is 197 g/mol. The van der Waals surface area contributed by atoms with Crippen LogP contribution in [0.5, 0.6) is 0 Å². The Morgan fingerprint density at radius 1 is 1.42 bits per heavy atom. The Morgan fingerprint density at radius 3 is 3.00 bits per heavy atom. The standard InChI is InChI=1S/C9H8ClNS/c10-8-3-1-2-7-6(5-12)4-11-9(7)8/h1-4,11-12H,5H2. The van der Waals surface area contributed by atoms with E-state index in [2.05, 4.69) is 17.6 Å². The van der Waals surface area contributed by atoms with Crippen LogP contribution in [0.25, 0.3) is 10.9 Å². The summed E-state index contributed by atoms with van der Waals surface area (Å²) in [6.07, 6.45) is 1.95. The summed E-state index contributed by atoms with van der Waals surface area (Å²) in [5, 5.41) is 1.93. The second-order valence-electron chi connectivity index (χ2n) is 2.63. The van der Waals surface area contributed by atoms with E-state index in [1.165, 1.54) is 5.56 Å². The van der Waals surface area contributed by atoms with Crippen LogP contribution in [0.3, 0.4) is 0 Å². The zero-order valence-electron chi connectivity index (χ0n) is 6.34. The maximum Gasteiger partial charge on any atom is 0.0647 e. The number of rotatable bonds is 1. The third-order valence-electron chi connectivity index (χ3n) is 1.92. The highest BCUT2D eigenvalue weighted by Crippen LogP contribution is 2.25. The molecule has 0 spiro atoms. The van der Waals surface area contributed by atoms with Gasteiger partial charge in [0.2, 0.25) is 0 Å². The van der Waals surface area contributed by atoms with Crippen LogP contribution in [-0.4, -0.2) is 4.98 Å². The number of halogens is 1. The number of hydrogen-bond donors (Lipinski definition) is 2. The minimum atomic E-state index is 0.736. The summed E-state index contributed by atoms with van der Waals surface area (Å²) >= 11 is 10.2. The third-order valence-corrected chi connectivity index (χ3v) is 2.58. The lowest BCUT2D eigenvalue weighted by Crippen LogP contribution is -1.72. The maximum absolute atomic E-state index is 5.97. The molecule has 1 aromatic heterocycles. The van der Waals surface area contributed by atoms with Gasteiger partial charge in [0.25, 0.3) is 0 Å². The summed E-state index contributed by atoms with van der Waals surface area (Å²) in [5.41, 5.74) is 2.19. The molecule has 2 rings (SSSR count). The van der Waals surface area contributed by atoms with Crippen LogP contribution in [0.4, 0.5) is 0 Å². The molecule has 0 unspecified atom stereocenters. The van der Waals surface area contributed by atoms with Crippen molar-refractivity contribution >= 4 is 35.1 Å². The summed E-state index contributed by atoms with van der Waals surface area (Å²) < 4.78 is 0. The van der Waals surface area contributed by atoms with Gasteiger partial charge in [-0.05, 0) is 11.6 Å². The molecule has 0 bridgehead atoms. The van der Waals surface area contributed by atoms with Gasteiger partial charge in [0.15, 0.2) is 0 Å². The van der Waals surface area contributed by atoms with Gasteiger partial charge in [-0.25, -0.2) is 0 Å². The van der Waals surface area contributed by atoms with Gasteiger partial charge in [-0.2, -0.15) is 12.6 Å². The molecule has 0 saturated heterocycles. The highest BCUT2D eigenvalue weighted by molar-refractivity contribution is 7.79. The second-order valence-corrected chi connectivity index (χ2v) is 3.36. The smallest absolute Gasteiger partial charge is 0.0647 e. The van der Waals surface area contributed by atoms with Crippen molar-refractivity contribution in [2.45, 2.75) is 5.75 Å². The lowest BCUT2D eigenvalue weighted by Gasteiger charge is -1.94. The number of thiol groups is 1. The minimum absolute atomic E-state index is 0.736. The first-order valence-electron chi connectivity index (χ1n) is 3.68. The van der Waals surface area contributed by atoms with E-state index in [0.29, 0.717) is 0 Å². The lowest BCUT2D eigenvalue weighted by molar-refractivity contribution is 1.41. The molecule has 62 valence electrons. The highest BCUT2D eigenvalue weighted by Gasteiger charge is 2.03. The van der Waals surface area contributed by atoms with Crippen LogP contribution in [0.2, 0.25) is 5.02 Å². The SMILES string of the molecule is SCc1c[nH]c2c(Cl)cccc12. The zero-order chi connectivity index (χ0) is 8.55. The van der Waals surface area contributed by atoms with Crippen molar-refractivity contribution in [3.05, 3.63) is 35.0 Å². The number of aromatic amines is 1. The maximum atomic E-state index is 5.97. The largest absolute Gasteiger partial charge is 0.360 e. The summed E-state index contributed by atoms with van der Waals surface area (Å²) in [6, 6.07) is 5.87. The Morgan fingerprint density at radius 2 is 2.25 bits per heavy atom. The molecule has 0 radical (unpaired) electrons. The predicted molar refractivity (Wildman–Crippen MR) is 56.0 cm³/mol. The first-order valence-corrected chi connectivity index (χ1v) is 4.69. The molecule has 1 nitrogen and oxygen atoms in total. The molecule has 0 aliphatic carbocycles. The van der Waals surface area contributed by atoms with Gasteiger partial charge in [-0.1, -0.05) is 23.7 Å². The second kappa shape index (κ2) is 3.04. The van der Waals surface area contributed by atoms with E-state index in [-0.39, 0.29) is 0 Å². The Hall–Kier alpha value is -0.600. The van der Waals surface area contributed by atoms with E-state index in [0.717, 1.165) is 21.7 Å². The van der Waals surface area contributed by atoms with Gasteiger partial charge in [0.1, 0.15) is 0 Å². The van der Waals surface area contributed by atoms with Gasteiger partial charge in [-0.3, -0.25) is 0 Å². The van der Waals surface area contributed by atoms with Crippen molar-refractivity contribution < 1.29 is 0 Å². The number of para-hydroxylation sites is 1. The zero-order valence-corrected chi connectivity index (χ0v) is 7.99. The number of nitrogens with one attached hydrogen (secondary N) is 1. The van der Waals surface area contributed by atoms with Crippen molar-refractivity contribution in [2.24, 2.45) is 0 Å². The topological polar surface area (TPSA) is 15.8 Å². The fourth-order valence-electron chi connectivity index (χ4n) is 1.31. The Labute approximate surface area is 81.1 Å². The van der Waals surface area contributed by atoms with Crippen molar-refractivity contribution in [2.75, 3.05) is 0 Å². The van der Waals surface area contributed by atoms with Crippen molar-refractivity contribution in [1.82, 2.24) is 4.98 Å². The molecule has 0 aliphatic rings. The van der Waals surface area contributed by atoms with Gasteiger partial charge in [-0.15, -0.1) is 0 Å². The molecule has 0 amide bonds. The number of hydrogen-bond acceptors (Lipinski definition) is 1. The van der Waals surface area contributed by atoms with E-state index in [9.17, 15) is 0 Å². The van der Waals surface area contributed by atoms with Crippen molar-refractivity contribution in [3.8, 4) is 0 Å². The number of aromatic nitrogens is 1. The first kappa shape index (κ1) is 8.02.